The minimum atomic E-state index is -0.206. The van der Waals surface area contributed by atoms with Crippen molar-refractivity contribution in [2.45, 2.75) is 75.8 Å². The summed E-state index contributed by atoms with van der Waals surface area (Å²) in [6, 6.07) is 0.466. The van der Waals surface area contributed by atoms with Crippen LogP contribution in [0.25, 0.3) is 0 Å². The Bertz CT molecular complexity index is 499. The lowest BCUT2D eigenvalue weighted by Crippen LogP contribution is -2.54. The van der Waals surface area contributed by atoms with E-state index in [1.54, 1.807) is 6.20 Å². The van der Waals surface area contributed by atoms with Gasteiger partial charge in [-0.25, -0.2) is 0 Å². The van der Waals surface area contributed by atoms with Crippen molar-refractivity contribution in [3.63, 3.8) is 0 Å². The fourth-order valence-corrected chi connectivity index (χ4v) is 3.92. The maximum atomic E-state index is 12.6. The predicted octanol–water partition coefficient (Wildman–Crippen LogP) is 2.78. The summed E-state index contributed by atoms with van der Waals surface area (Å²) in [5, 5.41) is 7.62. The van der Waals surface area contributed by atoms with E-state index in [9.17, 15) is 4.79 Å². The number of hydrogen-bond acceptors (Lipinski definition) is 3. The molecule has 0 radical (unpaired) electrons. The molecule has 1 aromatic rings. The minimum absolute atomic E-state index is 0.0191. The van der Waals surface area contributed by atoms with Crippen LogP contribution >= 0.6 is 0 Å². The van der Waals surface area contributed by atoms with Crippen LogP contribution in [0.4, 0.5) is 0 Å². The Balaban J connectivity index is 1.65. The molecule has 3 N–H and O–H groups in total. The lowest BCUT2D eigenvalue weighted by atomic mass is 9.81. The van der Waals surface area contributed by atoms with Crippen LogP contribution in [0.5, 0.6) is 0 Å². The number of nitrogens with zero attached hydrogens (tertiary/aromatic N) is 2. The zero-order valence-corrected chi connectivity index (χ0v) is 13.4. The smallest absolute Gasteiger partial charge is 0.254 e. The van der Waals surface area contributed by atoms with Crippen molar-refractivity contribution in [1.82, 2.24) is 15.1 Å². The molecule has 0 aromatic carbocycles. The van der Waals surface area contributed by atoms with Gasteiger partial charge in [-0.15, -0.1) is 0 Å². The summed E-state index contributed by atoms with van der Waals surface area (Å²) in [7, 11) is 0. The maximum Gasteiger partial charge on any atom is 0.254 e. The molecule has 0 spiro atoms. The molecule has 0 atom stereocenters. The van der Waals surface area contributed by atoms with E-state index in [-0.39, 0.29) is 11.4 Å². The standard InChI is InChI=1S/C17H28N4O/c18-13-17(9-5-2-6-10-17)20-16(22)14-11-19-21(12-14)15-7-3-1-4-8-15/h11-12,15H,1-10,13,18H2,(H,20,22). The van der Waals surface area contributed by atoms with Crippen molar-refractivity contribution in [2.24, 2.45) is 5.73 Å². The zero-order chi connectivity index (χ0) is 15.4. The second-order valence-electron chi connectivity index (χ2n) is 7.00. The quantitative estimate of drug-likeness (QED) is 0.898. The van der Waals surface area contributed by atoms with Crippen LogP contribution < -0.4 is 11.1 Å². The third-order valence-corrected chi connectivity index (χ3v) is 5.39. The van der Waals surface area contributed by atoms with Gasteiger partial charge in [-0.2, -0.15) is 5.10 Å². The highest BCUT2D eigenvalue weighted by Gasteiger charge is 2.32. The van der Waals surface area contributed by atoms with Gasteiger partial charge in [-0.3, -0.25) is 9.48 Å². The molecule has 1 amide bonds. The first-order valence-corrected chi connectivity index (χ1v) is 8.79. The number of aromatic nitrogens is 2. The fourth-order valence-electron chi connectivity index (χ4n) is 3.92. The van der Waals surface area contributed by atoms with Gasteiger partial charge in [-0.05, 0) is 25.7 Å². The van der Waals surface area contributed by atoms with Crippen LogP contribution in [0, 0.1) is 0 Å². The first kappa shape index (κ1) is 15.5. The molecule has 3 rings (SSSR count). The second-order valence-corrected chi connectivity index (χ2v) is 7.00. The molecule has 2 aliphatic rings. The molecule has 122 valence electrons. The molecule has 0 bridgehead atoms. The van der Waals surface area contributed by atoms with Crippen molar-refractivity contribution < 1.29 is 4.79 Å². The monoisotopic (exact) mass is 304 g/mol. The Labute approximate surface area is 132 Å². The third-order valence-electron chi connectivity index (χ3n) is 5.39. The van der Waals surface area contributed by atoms with E-state index in [1.807, 2.05) is 10.9 Å². The van der Waals surface area contributed by atoms with E-state index in [4.69, 9.17) is 5.73 Å². The molecule has 2 saturated carbocycles. The van der Waals surface area contributed by atoms with Gasteiger partial charge in [0.05, 0.1) is 23.3 Å². The lowest BCUT2D eigenvalue weighted by Gasteiger charge is -2.37. The number of nitrogens with one attached hydrogen (secondary N) is 1. The molecule has 5 nitrogen and oxygen atoms in total. The second kappa shape index (κ2) is 6.82. The Morgan fingerprint density at radius 3 is 2.59 bits per heavy atom. The van der Waals surface area contributed by atoms with Gasteiger partial charge in [0.25, 0.3) is 5.91 Å². The first-order valence-electron chi connectivity index (χ1n) is 8.79. The van der Waals surface area contributed by atoms with Crippen molar-refractivity contribution in [3.05, 3.63) is 18.0 Å². The molecule has 2 aliphatic carbocycles. The van der Waals surface area contributed by atoms with E-state index < -0.39 is 0 Å². The molecule has 0 saturated heterocycles. The number of rotatable bonds is 4. The van der Waals surface area contributed by atoms with Crippen molar-refractivity contribution >= 4 is 5.91 Å². The predicted molar refractivity (Wildman–Crippen MR) is 86.7 cm³/mol. The molecule has 2 fully saturated rings. The average Bonchev–Trinajstić information content (AvgIpc) is 3.07. The lowest BCUT2D eigenvalue weighted by molar-refractivity contribution is 0.0874. The molecular weight excluding hydrogens is 276 g/mol. The minimum Gasteiger partial charge on any atom is -0.345 e. The molecule has 0 unspecified atom stereocenters. The van der Waals surface area contributed by atoms with Gasteiger partial charge in [0.1, 0.15) is 0 Å². The topological polar surface area (TPSA) is 72.9 Å². The molecule has 1 heterocycles. The first-order chi connectivity index (χ1) is 10.7. The number of nitrogens with two attached hydrogens (primary N) is 1. The highest BCUT2D eigenvalue weighted by molar-refractivity contribution is 5.94. The van der Waals surface area contributed by atoms with Gasteiger partial charge in [0.15, 0.2) is 0 Å². The largest absolute Gasteiger partial charge is 0.345 e. The van der Waals surface area contributed by atoms with Crippen LogP contribution in [0.15, 0.2) is 12.4 Å². The Kier molecular flexibility index (Phi) is 4.81. The van der Waals surface area contributed by atoms with Crippen molar-refractivity contribution in [3.8, 4) is 0 Å². The summed E-state index contributed by atoms with van der Waals surface area (Å²) in [5.41, 5.74) is 6.42. The Morgan fingerprint density at radius 1 is 1.23 bits per heavy atom. The molecule has 22 heavy (non-hydrogen) atoms. The van der Waals surface area contributed by atoms with Crippen LogP contribution in [0.2, 0.25) is 0 Å². The van der Waals surface area contributed by atoms with Crippen LogP contribution in [-0.4, -0.2) is 27.8 Å². The van der Waals surface area contributed by atoms with E-state index in [1.165, 1.54) is 38.5 Å². The Hall–Kier alpha value is -1.36. The van der Waals surface area contributed by atoms with Crippen LogP contribution in [0.1, 0.15) is 80.6 Å². The van der Waals surface area contributed by atoms with Crippen molar-refractivity contribution in [1.29, 1.82) is 0 Å². The summed E-state index contributed by atoms with van der Waals surface area (Å²) in [4.78, 5) is 12.6. The zero-order valence-electron chi connectivity index (χ0n) is 13.4. The van der Waals surface area contributed by atoms with Gasteiger partial charge >= 0.3 is 0 Å². The normalized spacial score (nSPS) is 22.4. The molecule has 0 aliphatic heterocycles. The van der Waals surface area contributed by atoms with Gasteiger partial charge in [0, 0.05) is 12.7 Å². The summed E-state index contributed by atoms with van der Waals surface area (Å²) >= 11 is 0. The maximum absolute atomic E-state index is 12.6. The highest BCUT2D eigenvalue weighted by Crippen LogP contribution is 2.29. The van der Waals surface area contributed by atoms with E-state index >= 15 is 0 Å². The summed E-state index contributed by atoms with van der Waals surface area (Å²) < 4.78 is 1.99. The number of carbonyl (C=O) groups excluding carboxylic acids is 1. The van der Waals surface area contributed by atoms with Gasteiger partial charge < -0.3 is 11.1 Å². The van der Waals surface area contributed by atoms with Crippen LogP contribution in [0.3, 0.4) is 0 Å². The summed E-state index contributed by atoms with van der Waals surface area (Å²) in [6.07, 6.45) is 15.4. The van der Waals surface area contributed by atoms with E-state index in [0.717, 1.165) is 25.7 Å². The van der Waals surface area contributed by atoms with Crippen molar-refractivity contribution in [2.75, 3.05) is 6.54 Å². The van der Waals surface area contributed by atoms with Crippen LogP contribution in [-0.2, 0) is 0 Å². The van der Waals surface area contributed by atoms with E-state index in [0.29, 0.717) is 18.2 Å². The molecule has 5 heteroatoms. The summed E-state index contributed by atoms with van der Waals surface area (Å²) in [6.45, 7) is 0.523. The Morgan fingerprint density at radius 2 is 1.91 bits per heavy atom. The van der Waals surface area contributed by atoms with E-state index in [2.05, 4.69) is 10.4 Å². The number of carbonyl (C=O) groups is 1. The fraction of sp³-hybridized carbons (Fsp3) is 0.765. The summed E-state index contributed by atoms with van der Waals surface area (Å²) in [5.74, 6) is -0.0191. The highest BCUT2D eigenvalue weighted by atomic mass is 16.1. The molecular formula is C17H28N4O. The number of amides is 1. The number of hydrogen-bond donors (Lipinski definition) is 2. The third kappa shape index (κ3) is 3.35. The van der Waals surface area contributed by atoms with Gasteiger partial charge in [-0.1, -0.05) is 38.5 Å². The SMILES string of the molecule is NCC1(NC(=O)c2cnn(C3CCCCC3)c2)CCCCC1. The average molecular weight is 304 g/mol. The molecule has 1 aromatic heterocycles. The van der Waals surface area contributed by atoms with Gasteiger partial charge in [0.2, 0.25) is 0 Å².